The lowest BCUT2D eigenvalue weighted by molar-refractivity contribution is 0.300. The van der Waals surface area contributed by atoms with Crippen molar-refractivity contribution in [2.75, 3.05) is 0 Å². The number of rotatable bonds is 5. The van der Waals surface area contributed by atoms with Crippen molar-refractivity contribution in [3.05, 3.63) is 59.4 Å². The predicted octanol–water partition coefficient (Wildman–Crippen LogP) is 3.86. The Morgan fingerprint density at radius 3 is 2.57 bits per heavy atom. The molecule has 3 heteroatoms. The fourth-order valence-corrected chi connectivity index (χ4v) is 1.95. The average molecular weight is 284 g/mol. The Labute approximate surface area is 127 Å². The lowest BCUT2D eigenvalue weighted by atomic mass is 10.1. The zero-order chi connectivity index (χ0) is 15.3. The first kappa shape index (κ1) is 15.5. The first-order valence-electron chi connectivity index (χ1n) is 7.32. The Kier molecular flexibility index (Phi) is 4.97. The molecule has 2 rings (SSSR count). The van der Waals surface area contributed by atoms with E-state index in [1.54, 1.807) is 0 Å². The molecule has 0 radical (unpaired) electrons. The number of aromatic nitrogens is 1. The molecule has 112 valence electrons. The fraction of sp³-hybridized carbons (Fsp3) is 0.389. The van der Waals surface area contributed by atoms with Crippen LogP contribution in [0.1, 0.15) is 37.7 Å². The maximum Gasteiger partial charge on any atom is 0.130 e. The first-order chi connectivity index (χ1) is 9.92. The maximum absolute atomic E-state index is 5.83. The first-order valence-corrected chi connectivity index (χ1v) is 7.32. The van der Waals surface area contributed by atoms with Gasteiger partial charge in [0, 0.05) is 17.8 Å². The third kappa shape index (κ3) is 5.56. The minimum absolute atomic E-state index is 0.113. The topological polar surface area (TPSA) is 34.1 Å². The van der Waals surface area contributed by atoms with Gasteiger partial charge in [0.05, 0.1) is 5.69 Å². The molecule has 2 aromatic rings. The lowest BCUT2D eigenvalue weighted by Gasteiger charge is -2.20. The van der Waals surface area contributed by atoms with E-state index in [1.807, 2.05) is 37.3 Å². The van der Waals surface area contributed by atoms with E-state index in [1.165, 1.54) is 5.56 Å². The van der Waals surface area contributed by atoms with Gasteiger partial charge in [-0.1, -0.05) is 18.2 Å². The Balaban J connectivity index is 1.95. The second-order valence-corrected chi connectivity index (χ2v) is 6.31. The van der Waals surface area contributed by atoms with Crippen LogP contribution in [0.5, 0.6) is 5.75 Å². The van der Waals surface area contributed by atoms with Gasteiger partial charge in [0.15, 0.2) is 0 Å². The molecule has 0 aliphatic carbocycles. The summed E-state index contributed by atoms with van der Waals surface area (Å²) >= 11 is 0. The third-order valence-corrected chi connectivity index (χ3v) is 3.05. The van der Waals surface area contributed by atoms with Gasteiger partial charge in [-0.3, -0.25) is 4.98 Å². The Hall–Kier alpha value is -1.87. The van der Waals surface area contributed by atoms with Crippen LogP contribution < -0.4 is 10.1 Å². The molecule has 0 atom stereocenters. The molecule has 3 nitrogen and oxygen atoms in total. The second kappa shape index (κ2) is 6.72. The van der Waals surface area contributed by atoms with Gasteiger partial charge in [-0.2, -0.15) is 0 Å². The number of aryl methyl sites for hydroxylation is 1. The van der Waals surface area contributed by atoms with Gasteiger partial charge in [-0.05, 0) is 57.5 Å². The standard InChI is InChI=1S/C18H24N2O/c1-14-7-5-9-16(20-14)13-21-17-10-6-8-15(11-17)12-19-18(2,3)4/h5-11,19H,12-13H2,1-4H3. The summed E-state index contributed by atoms with van der Waals surface area (Å²) in [5.74, 6) is 0.881. The molecule has 0 saturated carbocycles. The molecular weight excluding hydrogens is 260 g/mol. The van der Waals surface area contributed by atoms with Crippen LogP contribution >= 0.6 is 0 Å². The van der Waals surface area contributed by atoms with Crippen molar-refractivity contribution in [3.8, 4) is 5.75 Å². The molecule has 1 aromatic heterocycles. The van der Waals surface area contributed by atoms with Gasteiger partial charge in [0.2, 0.25) is 0 Å². The highest BCUT2D eigenvalue weighted by Gasteiger charge is 2.08. The molecule has 0 saturated heterocycles. The summed E-state index contributed by atoms with van der Waals surface area (Å²) in [6.45, 7) is 9.81. The van der Waals surface area contributed by atoms with Gasteiger partial charge in [0.1, 0.15) is 12.4 Å². The molecule has 0 unspecified atom stereocenters. The number of hydrogen-bond donors (Lipinski definition) is 1. The summed E-state index contributed by atoms with van der Waals surface area (Å²) < 4.78 is 5.83. The van der Waals surface area contributed by atoms with E-state index in [0.717, 1.165) is 23.7 Å². The van der Waals surface area contributed by atoms with E-state index >= 15 is 0 Å². The fourth-order valence-electron chi connectivity index (χ4n) is 1.95. The number of ether oxygens (including phenoxy) is 1. The summed E-state index contributed by atoms with van der Waals surface area (Å²) in [5.41, 5.74) is 3.30. The number of nitrogens with one attached hydrogen (secondary N) is 1. The van der Waals surface area contributed by atoms with E-state index in [2.05, 4.69) is 43.2 Å². The second-order valence-electron chi connectivity index (χ2n) is 6.31. The smallest absolute Gasteiger partial charge is 0.130 e. The van der Waals surface area contributed by atoms with E-state index in [9.17, 15) is 0 Å². The van der Waals surface area contributed by atoms with Gasteiger partial charge >= 0.3 is 0 Å². The Morgan fingerprint density at radius 2 is 1.86 bits per heavy atom. The van der Waals surface area contributed by atoms with Crippen molar-refractivity contribution in [3.63, 3.8) is 0 Å². The van der Waals surface area contributed by atoms with Crippen LogP contribution in [0.25, 0.3) is 0 Å². The maximum atomic E-state index is 5.83. The van der Waals surface area contributed by atoms with Crippen molar-refractivity contribution in [2.45, 2.75) is 46.4 Å². The molecule has 1 heterocycles. The molecule has 21 heavy (non-hydrogen) atoms. The molecule has 0 bridgehead atoms. The molecular formula is C18H24N2O. The molecule has 1 aromatic carbocycles. The monoisotopic (exact) mass is 284 g/mol. The number of nitrogens with zero attached hydrogens (tertiary/aromatic N) is 1. The van der Waals surface area contributed by atoms with E-state index in [-0.39, 0.29) is 5.54 Å². The predicted molar refractivity (Wildman–Crippen MR) is 86.3 cm³/mol. The van der Waals surface area contributed by atoms with Crippen LogP contribution in [0.4, 0.5) is 0 Å². The number of benzene rings is 1. The third-order valence-electron chi connectivity index (χ3n) is 3.05. The summed E-state index contributed by atoms with van der Waals surface area (Å²) in [6, 6.07) is 14.2. The number of pyridine rings is 1. The molecule has 0 aliphatic rings. The molecule has 1 N–H and O–H groups in total. The largest absolute Gasteiger partial charge is 0.487 e. The van der Waals surface area contributed by atoms with E-state index in [4.69, 9.17) is 4.74 Å². The minimum atomic E-state index is 0.113. The SMILES string of the molecule is Cc1cccc(COc2cccc(CNC(C)(C)C)c2)n1. The van der Waals surface area contributed by atoms with Crippen molar-refractivity contribution in [1.82, 2.24) is 10.3 Å². The molecule has 0 fully saturated rings. The van der Waals surface area contributed by atoms with Gasteiger partial charge in [-0.15, -0.1) is 0 Å². The minimum Gasteiger partial charge on any atom is -0.487 e. The highest BCUT2D eigenvalue weighted by Crippen LogP contribution is 2.15. The van der Waals surface area contributed by atoms with Gasteiger partial charge in [-0.25, -0.2) is 0 Å². The van der Waals surface area contributed by atoms with Crippen LogP contribution in [0.2, 0.25) is 0 Å². The molecule has 0 aliphatic heterocycles. The quantitative estimate of drug-likeness (QED) is 0.905. The van der Waals surface area contributed by atoms with Crippen molar-refractivity contribution >= 4 is 0 Å². The van der Waals surface area contributed by atoms with Crippen molar-refractivity contribution in [1.29, 1.82) is 0 Å². The van der Waals surface area contributed by atoms with E-state index in [0.29, 0.717) is 6.61 Å². The van der Waals surface area contributed by atoms with Crippen LogP contribution in [0, 0.1) is 6.92 Å². The number of hydrogen-bond acceptors (Lipinski definition) is 3. The summed E-state index contributed by atoms with van der Waals surface area (Å²) in [7, 11) is 0. The van der Waals surface area contributed by atoms with E-state index < -0.39 is 0 Å². The van der Waals surface area contributed by atoms with Crippen LogP contribution in [0.3, 0.4) is 0 Å². The highest BCUT2D eigenvalue weighted by atomic mass is 16.5. The summed E-state index contributed by atoms with van der Waals surface area (Å²) in [5, 5.41) is 3.48. The van der Waals surface area contributed by atoms with Gasteiger partial charge < -0.3 is 10.1 Å². The van der Waals surface area contributed by atoms with Crippen LogP contribution in [-0.2, 0) is 13.2 Å². The Morgan fingerprint density at radius 1 is 1.10 bits per heavy atom. The normalized spacial score (nSPS) is 11.4. The molecule has 0 spiro atoms. The average Bonchev–Trinajstić information content (AvgIpc) is 2.43. The summed E-state index contributed by atoms with van der Waals surface area (Å²) in [4.78, 5) is 4.44. The lowest BCUT2D eigenvalue weighted by Crippen LogP contribution is -2.35. The van der Waals surface area contributed by atoms with Crippen LogP contribution in [0.15, 0.2) is 42.5 Å². The zero-order valence-corrected chi connectivity index (χ0v) is 13.3. The highest BCUT2D eigenvalue weighted by molar-refractivity contribution is 5.28. The van der Waals surface area contributed by atoms with Crippen molar-refractivity contribution in [2.24, 2.45) is 0 Å². The Bertz CT molecular complexity index is 588. The summed E-state index contributed by atoms with van der Waals surface area (Å²) in [6.07, 6.45) is 0. The molecule has 0 amide bonds. The van der Waals surface area contributed by atoms with Gasteiger partial charge in [0.25, 0.3) is 0 Å². The van der Waals surface area contributed by atoms with Crippen LogP contribution in [-0.4, -0.2) is 10.5 Å². The van der Waals surface area contributed by atoms with Crippen molar-refractivity contribution < 1.29 is 4.74 Å². The zero-order valence-electron chi connectivity index (χ0n) is 13.3.